The first-order chi connectivity index (χ1) is 7.06. The fraction of sp³-hybridized carbons (Fsp3) is 0.333. The number of nitro benzene ring substituents is 1. The van der Waals surface area contributed by atoms with E-state index in [9.17, 15) is 14.5 Å². The van der Waals surface area contributed by atoms with Gasteiger partial charge in [0.2, 0.25) is 5.82 Å². The predicted molar refractivity (Wildman–Crippen MR) is 51.7 cm³/mol. The maximum atomic E-state index is 12.9. The van der Waals surface area contributed by atoms with E-state index in [-0.39, 0.29) is 13.0 Å². The van der Waals surface area contributed by atoms with Crippen LogP contribution in [0.2, 0.25) is 0 Å². The molecule has 0 aliphatic rings. The minimum atomic E-state index is -0.889. The molecule has 82 valence electrons. The van der Waals surface area contributed by atoms with Crippen LogP contribution in [-0.2, 0) is 0 Å². The molecule has 1 atom stereocenters. The molecule has 0 heterocycles. The van der Waals surface area contributed by atoms with Crippen molar-refractivity contribution >= 4 is 5.69 Å². The third kappa shape index (κ3) is 2.71. The van der Waals surface area contributed by atoms with Crippen molar-refractivity contribution < 1.29 is 14.4 Å². The van der Waals surface area contributed by atoms with Gasteiger partial charge in [0.05, 0.1) is 4.92 Å². The lowest BCUT2D eigenvalue weighted by Crippen LogP contribution is -2.12. The van der Waals surface area contributed by atoms with Crippen molar-refractivity contribution in [2.45, 2.75) is 12.5 Å². The molecule has 0 spiro atoms. The Hall–Kier alpha value is -1.53. The number of nitrogens with two attached hydrogens (primary N) is 1. The van der Waals surface area contributed by atoms with Gasteiger partial charge in [0.15, 0.2) is 0 Å². The van der Waals surface area contributed by atoms with Crippen molar-refractivity contribution in [2.24, 2.45) is 5.73 Å². The number of nitro groups is 1. The minimum absolute atomic E-state index is 0.119. The van der Waals surface area contributed by atoms with Gasteiger partial charge in [-0.25, -0.2) is 0 Å². The molecule has 0 fully saturated rings. The van der Waals surface area contributed by atoms with Gasteiger partial charge in [-0.3, -0.25) is 10.1 Å². The molecule has 0 radical (unpaired) electrons. The number of aliphatic hydroxyl groups excluding tert-OH is 1. The molecule has 0 aliphatic carbocycles. The van der Waals surface area contributed by atoms with Crippen LogP contribution < -0.4 is 5.73 Å². The summed E-state index contributed by atoms with van der Waals surface area (Å²) in [7, 11) is 0. The Labute approximate surface area is 85.5 Å². The number of rotatable bonds is 4. The molecule has 1 unspecified atom stereocenters. The summed E-state index contributed by atoms with van der Waals surface area (Å²) in [5.74, 6) is -0.889. The Morgan fingerprint density at radius 1 is 1.60 bits per heavy atom. The van der Waals surface area contributed by atoms with Crippen LogP contribution in [0.5, 0.6) is 0 Å². The number of nitrogens with zero attached hydrogens (tertiary/aromatic N) is 1. The quantitative estimate of drug-likeness (QED) is 0.580. The average molecular weight is 214 g/mol. The Bertz CT molecular complexity index is 370. The summed E-state index contributed by atoms with van der Waals surface area (Å²) in [5.41, 5.74) is 5.46. The monoisotopic (exact) mass is 214 g/mol. The van der Waals surface area contributed by atoms with Gasteiger partial charge in [0.1, 0.15) is 0 Å². The Morgan fingerprint density at radius 3 is 2.80 bits per heavy atom. The summed E-state index contributed by atoms with van der Waals surface area (Å²) in [4.78, 5) is 9.63. The molecule has 0 saturated carbocycles. The molecule has 15 heavy (non-hydrogen) atoms. The summed E-state index contributed by atoms with van der Waals surface area (Å²) < 4.78 is 12.9. The SMILES string of the molecule is NC(CCO)c1ccc(F)c([N+](=O)[O-])c1. The summed E-state index contributed by atoms with van der Waals surface area (Å²) in [6, 6.07) is 2.96. The second-order valence-corrected chi connectivity index (χ2v) is 3.09. The molecule has 1 aromatic rings. The van der Waals surface area contributed by atoms with Crippen molar-refractivity contribution in [2.75, 3.05) is 6.61 Å². The number of hydrogen-bond donors (Lipinski definition) is 2. The lowest BCUT2D eigenvalue weighted by molar-refractivity contribution is -0.387. The van der Waals surface area contributed by atoms with E-state index in [1.54, 1.807) is 0 Å². The van der Waals surface area contributed by atoms with Gasteiger partial charge in [0.25, 0.3) is 0 Å². The predicted octanol–water partition coefficient (Wildman–Crippen LogP) is 1.12. The summed E-state index contributed by atoms with van der Waals surface area (Å²) in [6.07, 6.45) is 0.281. The van der Waals surface area contributed by atoms with Crippen LogP contribution in [0.3, 0.4) is 0 Å². The molecule has 0 bridgehead atoms. The second-order valence-electron chi connectivity index (χ2n) is 3.09. The molecule has 5 nitrogen and oxygen atoms in total. The first-order valence-corrected chi connectivity index (χ1v) is 4.36. The highest BCUT2D eigenvalue weighted by molar-refractivity contribution is 5.37. The molecule has 6 heteroatoms. The largest absolute Gasteiger partial charge is 0.396 e. The highest BCUT2D eigenvalue weighted by Gasteiger charge is 2.16. The van der Waals surface area contributed by atoms with Gasteiger partial charge < -0.3 is 10.8 Å². The number of hydrogen-bond acceptors (Lipinski definition) is 4. The van der Waals surface area contributed by atoms with E-state index in [0.29, 0.717) is 5.56 Å². The van der Waals surface area contributed by atoms with Crippen LogP contribution in [0, 0.1) is 15.9 Å². The molecule has 0 saturated heterocycles. The summed E-state index contributed by atoms with van der Waals surface area (Å²) in [5, 5.41) is 19.1. The highest BCUT2D eigenvalue weighted by atomic mass is 19.1. The molecule has 0 aromatic heterocycles. The molecule has 1 aromatic carbocycles. The molecular formula is C9H11FN2O3. The van der Waals surface area contributed by atoms with Crippen LogP contribution in [-0.4, -0.2) is 16.6 Å². The average Bonchev–Trinajstić information content (AvgIpc) is 2.18. The zero-order valence-electron chi connectivity index (χ0n) is 7.89. The zero-order valence-corrected chi connectivity index (χ0v) is 7.89. The van der Waals surface area contributed by atoms with Crippen LogP contribution in [0.4, 0.5) is 10.1 Å². The maximum Gasteiger partial charge on any atom is 0.305 e. The second kappa shape index (κ2) is 4.81. The number of aliphatic hydroxyl groups is 1. The van der Waals surface area contributed by atoms with Crippen LogP contribution in [0.25, 0.3) is 0 Å². The standard InChI is InChI=1S/C9H11FN2O3/c10-7-2-1-6(8(11)3-4-13)5-9(7)12(14)15/h1-2,5,8,13H,3-4,11H2. The van der Waals surface area contributed by atoms with Crippen molar-refractivity contribution in [3.05, 3.63) is 39.7 Å². The van der Waals surface area contributed by atoms with E-state index in [1.807, 2.05) is 0 Å². The Balaban J connectivity index is 3.02. The molecule has 0 aliphatic heterocycles. The zero-order chi connectivity index (χ0) is 11.4. The molecular weight excluding hydrogens is 203 g/mol. The van der Waals surface area contributed by atoms with E-state index in [4.69, 9.17) is 10.8 Å². The van der Waals surface area contributed by atoms with Crippen molar-refractivity contribution in [3.8, 4) is 0 Å². The molecule has 3 N–H and O–H groups in total. The van der Waals surface area contributed by atoms with Gasteiger partial charge in [-0.15, -0.1) is 0 Å². The topological polar surface area (TPSA) is 89.4 Å². The summed E-state index contributed by atoms with van der Waals surface area (Å²) >= 11 is 0. The third-order valence-electron chi connectivity index (χ3n) is 2.04. The molecule has 0 amide bonds. The van der Waals surface area contributed by atoms with E-state index in [1.165, 1.54) is 6.07 Å². The first kappa shape index (κ1) is 11.5. The Kier molecular flexibility index (Phi) is 3.70. The minimum Gasteiger partial charge on any atom is -0.396 e. The van der Waals surface area contributed by atoms with Crippen molar-refractivity contribution in [3.63, 3.8) is 0 Å². The maximum absolute atomic E-state index is 12.9. The van der Waals surface area contributed by atoms with Gasteiger partial charge in [0, 0.05) is 18.7 Å². The van der Waals surface area contributed by atoms with Crippen LogP contribution >= 0.6 is 0 Å². The van der Waals surface area contributed by atoms with E-state index in [2.05, 4.69) is 0 Å². The summed E-state index contributed by atoms with van der Waals surface area (Å²) in [6.45, 7) is -0.119. The third-order valence-corrected chi connectivity index (χ3v) is 2.04. The van der Waals surface area contributed by atoms with E-state index >= 15 is 0 Å². The number of benzene rings is 1. The van der Waals surface area contributed by atoms with Gasteiger partial charge >= 0.3 is 5.69 Å². The van der Waals surface area contributed by atoms with Crippen molar-refractivity contribution in [1.29, 1.82) is 0 Å². The van der Waals surface area contributed by atoms with E-state index < -0.39 is 22.5 Å². The van der Waals surface area contributed by atoms with Crippen LogP contribution in [0.15, 0.2) is 18.2 Å². The number of halogens is 1. The Morgan fingerprint density at radius 2 is 2.27 bits per heavy atom. The normalized spacial score (nSPS) is 12.5. The van der Waals surface area contributed by atoms with Gasteiger partial charge in [-0.05, 0) is 18.1 Å². The first-order valence-electron chi connectivity index (χ1n) is 4.36. The smallest absolute Gasteiger partial charge is 0.305 e. The lowest BCUT2D eigenvalue weighted by Gasteiger charge is -2.09. The highest BCUT2D eigenvalue weighted by Crippen LogP contribution is 2.22. The fourth-order valence-corrected chi connectivity index (χ4v) is 1.21. The lowest BCUT2D eigenvalue weighted by atomic mass is 10.0. The molecule has 1 rings (SSSR count). The van der Waals surface area contributed by atoms with E-state index in [0.717, 1.165) is 12.1 Å². The van der Waals surface area contributed by atoms with Crippen LogP contribution in [0.1, 0.15) is 18.0 Å². The van der Waals surface area contributed by atoms with Crippen molar-refractivity contribution in [1.82, 2.24) is 0 Å². The van der Waals surface area contributed by atoms with Gasteiger partial charge in [-0.2, -0.15) is 4.39 Å². The van der Waals surface area contributed by atoms with Gasteiger partial charge in [-0.1, -0.05) is 6.07 Å². The fourth-order valence-electron chi connectivity index (χ4n) is 1.21.